The van der Waals surface area contributed by atoms with E-state index in [4.69, 9.17) is 14.1 Å². The number of halogens is 1. The first kappa shape index (κ1) is 26.0. The predicted octanol–water partition coefficient (Wildman–Crippen LogP) is -2.01. The highest BCUT2D eigenvalue weighted by atomic mass is 127. The summed E-state index contributed by atoms with van der Waals surface area (Å²) < 4.78 is 22.8. The van der Waals surface area contributed by atoms with Gasteiger partial charge in [0.15, 0.2) is 11.8 Å². The van der Waals surface area contributed by atoms with Crippen LogP contribution in [0.3, 0.4) is 0 Å². The van der Waals surface area contributed by atoms with E-state index in [1.807, 2.05) is 22.6 Å². The first-order valence-electron chi connectivity index (χ1n) is 10.3. The van der Waals surface area contributed by atoms with Crippen molar-refractivity contribution < 1.29 is 37.9 Å². The number of thiazole rings is 1. The molecule has 2 amide bonds. The Morgan fingerprint density at radius 3 is 2.66 bits per heavy atom. The van der Waals surface area contributed by atoms with Crippen LogP contribution in [0.4, 0.5) is 0 Å². The minimum absolute atomic E-state index is 0.0584. The molecule has 17 heteroatoms. The lowest BCUT2D eigenvalue weighted by atomic mass is 10.0. The Bertz CT molecular complexity index is 1160. The monoisotopic (exact) mass is 632 g/mol. The van der Waals surface area contributed by atoms with Gasteiger partial charge in [0.25, 0.3) is 11.8 Å². The molecule has 1 aromatic heterocycles. The molecule has 2 aliphatic heterocycles. The number of alkyl halides is 1. The maximum atomic E-state index is 13.2. The SMILES string of the molecule is BOC(=O)C1=C(CI)C[S+]([O-])[C@@H]2[C@H](NC(=O)/C(=N\OC3(C(=O)OB)CC3)c3csc(C)n3)C(=O)N12. The summed E-state index contributed by atoms with van der Waals surface area (Å²) in [6.07, 6.45) is 0.764. The second-order valence-electron chi connectivity index (χ2n) is 7.92. The third kappa shape index (κ3) is 4.70. The van der Waals surface area contributed by atoms with E-state index in [0.29, 0.717) is 27.8 Å². The molecule has 4 rings (SSSR count). The van der Waals surface area contributed by atoms with E-state index in [1.165, 1.54) is 27.4 Å². The average Bonchev–Trinajstić information content (AvgIpc) is 3.53. The summed E-state index contributed by atoms with van der Waals surface area (Å²) in [5, 5.41) is 7.78. The van der Waals surface area contributed by atoms with Crippen LogP contribution in [0.25, 0.3) is 0 Å². The van der Waals surface area contributed by atoms with Gasteiger partial charge in [-0.25, -0.2) is 14.6 Å². The standard InChI is InChI=1S/C18H19B2IN4O8S2/c1-7-22-9(5-34-7)10(24-33-18(2-3-18)17(29)32-20)13(26)23-11-14(27)25-12(16(28)31-19)8(4-21)6-35(30)15(11)25/h5,11,15H,2-4,6,19-20H2,1H3,(H,23,26)/b24-10-/t11-,15-,35?/m1/s1. The molecular weight excluding hydrogens is 613 g/mol. The Hall–Kier alpha value is -2.11. The highest BCUT2D eigenvalue weighted by molar-refractivity contribution is 14.1. The highest BCUT2D eigenvalue weighted by Crippen LogP contribution is 2.41. The molecule has 1 unspecified atom stereocenters. The first-order chi connectivity index (χ1) is 16.7. The fraction of sp³-hybridized carbons (Fsp3) is 0.444. The average molecular weight is 632 g/mol. The number of nitrogens with one attached hydrogen (secondary N) is 1. The fourth-order valence-electron chi connectivity index (χ4n) is 3.69. The van der Waals surface area contributed by atoms with E-state index >= 15 is 0 Å². The summed E-state index contributed by atoms with van der Waals surface area (Å²) in [7, 11) is 2.43. The third-order valence-electron chi connectivity index (χ3n) is 5.68. The van der Waals surface area contributed by atoms with Crippen molar-refractivity contribution in [1.29, 1.82) is 0 Å². The number of amides is 2. The van der Waals surface area contributed by atoms with Gasteiger partial charge in [-0.15, -0.1) is 11.3 Å². The zero-order valence-electron chi connectivity index (χ0n) is 18.9. The molecule has 35 heavy (non-hydrogen) atoms. The van der Waals surface area contributed by atoms with Crippen LogP contribution in [-0.2, 0) is 44.5 Å². The molecule has 1 aliphatic carbocycles. The summed E-state index contributed by atoms with van der Waals surface area (Å²) in [4.78, 5) is 61.3. The molecule has 3 aliphatic rings. The van der Waals surface area contributed by atoms with Crippen LogP contribution in [0.2, 0.25) is 0 Å². The van der Waals surface area contributed by atoms with Gasteiger partial charge in [-0.1, -0.05) is 27.7 Å². The van der Waals surface area contributed by atoms with E-state index in [9.17, 15) is 23.7 Å². The minimum Gasteiger partial charge on any atom is -0.614 e. The van der Waals surface area contributed by atoms with Crippen molar-refractivity contribution in [3.05, 3.63) is 27.4 Å². The molecular formula is C18H19B2IN4O8S2. The van der Waals surface area contributed by atoms with Crippen molar-refractivity contribution in [3.8, 4) is 0 Å². The van der Waals surface area contributed by atoms with E-state index in [1.54, 1.807) is 12.3 Å². The molecule has 0 bridgehead atoms. The lowest BCUT2D eigenvalue weighted by Crippen LogP contribution is -2.75. The van der Waals surface area contributed by atoms with E-state index in [-0.39, 0.29) is 22.9 Å². The summed E-state index contributed by atoms with van der Waals surface area (Å²) >= 11 is 1.74. The van der Waals surface area contributed by atoms with Crippen molar-refractivity contribution in [1.82, 2.24) is 15.2 Å². The molecule has 0 spiro atoms. The van der Waals surface area contributed by atoms with Crippen LogP contribution in [0, 0.1) is 6.92 Å². The Morgan fingerprint density at radius 2 is 2.11 bits per heavy atom. The van der Waals surface area contributed by atoms with Crippen molar-refractivity contribution in [2.45, 2.75) is 36.8 Å². The molecule has 3 heterocycles. The number of fused-ring (bicyclic) bond motifs is 1. The van der Waals surface area contributed by atoms with Gasteiger partial charge in [-0.3, -0.25) is 14.5 Å². The molecule has 184 valence electrons. The van der Waals surface area contributed by atoms with Crippen LogP contribution in [-0.4, -0.2) is 87.2 Å². The van der Waals surface area contributed by atoms with Crippen LogP contribution in [0.5, 0.6) is 0 Å². The number of hydrogen-bond donors (Lipinski definition) is 1. The van der Waals surface area contributed by atoms with Crippen LogP contribution >= 0.6 is 33.9 Å². The van der Waals surface area contributed by atoms with Crippen LogP contribution in [0.1, 0.15) is 23.5 Å². The molecule has 3 atom stereocenters. The number of aromatic nitrogens is 1. The number of nitrogens with zero attached hydrogens (tertiary/aromatic N) is 3. The molecule has 0 radical (unpaired) electrons. The summed E-state index contributed by atoms with van der Waals surface area (Å²) in [6, 6.07) is -1.15. The van der Waals surface area contributed by atoms with Crippen LogP contribution in [0.15, 0.2) is 21.8 Å². The second-order valence-corrected chi connectivity index (χ2v) is 11.3. The second kappa shape index (κ2) is 10.1. The molecule has 1 N–H and O–H groups in total. The summed E-state index contributed by atoms with van der Waals surface area (Å²) in [6.45, 7) is 1.74. The normalized spacial score (nSPS) is 24.8. The molecule has 12 nitrogen and oxygen atoms in total. The lowest BCUT2D eigenvalue weighted by molar-refractivity contribution is -0.150. The minimum atomic E-state index is -1.56. The molecule has 1 saturated carbocycles. The fourth-order valence-corrected chi connectivity index (χ4v) is 6.97. The number of carbonyl (C=O) groups excluding carboxylic acids is 4. The van der Waals surface area contributed by atoms with E-state index in [0.717, 1.165) is 4.90 Å². The third-order valence-corrected chi connectivity index (χ3v) is 9.03. The van der Waals surface area contributed by atoms with Crippen molar-refractivity contribution in [2.75, 3.05) is 10.2 Å². The molecule has 1 aromatic rings. The van der Waals surface area contributed by atoms with E-state index in [2.05, 4.69) is 15.5 Å². The van der Waals surface area contributed by atoms with Gasteiger partial charge in [-0.2, -0.15) is 0 Å². The van der Waals surface area contributed by atoms with E-state index < -0.39 is 51.9 Å². The maximum Gasteiger partial charge on any atom is 0.337 e. The van der Waals surface area contributed by atoms with Gasteiger partial charge in [0.2, 0.25) is 11.0 Å². The van der Waals surface area contributed by atoms with Crippen molar-refractivity contribution in [3.63, 3.8) is 0 Å². The Kier molecular flexibility index (Phi) is 7.49. The highest BCUT2D eigenvalue weighted by Gasteiger charge is 2.61. The van der Waals surface area contributed by atoms with Gasteiger partial charge in [-0.05, 0) is 18.1 Å². The first-order valence-corrected chi connectivity index (χ1v) is 14.1. The quantitative estimate of drug-likeness (QED) is 0.0651. The number of rotatable bonds is 8. The largest absolute Gasteiger partial charge is 0.614 e. The zero-order valence-corrected chi connectivity index (χ0v) is 22.7. The van der Waals surface area contributed by atoms with Crippen molar-refractivity contribution in [2.24, 2.45) is 5.16 Å². The van der Waals surface area contributed by atoms with Gasteiger partial charge < -0.3 is 24.0 Å². The van der Waals surface area contributed by atoms with Gasteiger partial charge in [0.05, 0.1) is 5.01 Å². The summed E-state index contributed by atoms with van der Waals surface area (Å²) in [5.74, 6) is -2.63. The Balaban J connectivity index is 1.58. The number of aryl methyl sites for hydroxylation is 1. The van der Waals surface area contributed by atoms with Gasteiger partial charge in [0.1, 0.15) is 17.1 Å². The van der Waals surface area contributed by atoms with Gasteiger partial charge in [0, 0.05) is 28.2 Å². The topological polar surface area (TPSA) is 160 Å². The predicted molar refractivity (Wildman–Crippen MR) is 137 cm³/mol. The van der Waals surface area contributed by atoms with Gasteiger partial charge >= 0.3 is 28.0 Å². The molecule has 0 aromatic carbocycles. The Morgan fingerprint density at radius 1 is 1.40 bits per heavy atom. The molecule has 1 saturated heterocycles. The number of carbonyl (C=O) groups is 4. The van der Waals surface area contributed by atoms with Crippen LogP contribution < -0.4 is 5.32 Å². The zero-order chi connectivity index (χ0) is 25.5. The number of hydrogen-bond acceptors (Lipinski definition) is 11. The summed E-state index contributed by atoms with van der Waals surface area (Å²) in [5.41, 5.74) is -0.704. The molecule has 2 fully saturated rings. The maximum absolute atomic E-state index is 13.2. The lowest BCUT2D eigenvalue weighted by Gasteiger charge is -2.49. The number of oxime groups is 1. The van der Waals surface area contributed by atoms with Crippen molar-refractivity contribution >= 4 is 90.7 Å². The number of β-lactam (4-membered cyclic amide) rings is 1. The Labute approximate surface area is 222 Å². The smallest absolute Gasteiger partial charge is 0.337 e.